The molecule has 0 radical (unpaired) electrons. The van der Waals surface area contributed by atoms with E-state index in [0.717, 1.165) is 0 Å². The highest BCUT2D eigenvalue weighted by molar-refractivity contribution is 7.48. The van der Waals surface area contributed by atoms with Gasteiger partial charge in [-0.25, -0.2) is 19.5 Å². The number of hydrogen-bond acceptors (Lipinski definition) is 11. The lowest BCUT2D eigenvalue weighted by Gasteiger charge is -2.20. The molecule has 1 saturated heterocycles. The van der Waals surface area contributed by atoms with E-state index in [4.69, 9.17) is 28.1 Å². The summed E-state index contributed by atoms with van der Waals surface area (Å²) in [7, 11) is -6.90. The van der Waals surface area contributed by atoms with Crippen molar-refractivity contribution in [1.82, 2.24) is 23.9 Å². The molecule has 0 bridgehead atoms. The Bertz CT molecular complexity index is 1230. The maximum Gasteiger partial charge on any atom is 0.695 e. The molecule has 4 rings (SSSR count). The van der Waals surface area contributed by atoms with Crippen LogP contribution < -0.4 is 0 Å². The number of ether oxygens (including phenoxy) is 1. The molecular weight excluding hydrogens is 478 g/mol. The van der Waals surface area contributed by atoms with Gasteiger partial charge in [-0.05, 0) is 6.92 Å². The van der Waals surface area contributed by atoms with E-state index < -0.39 is 34.5 Å². The summed E-state index contributed by atoms with van der Waals surface area (Å²) in [6.07, 6.45) is 4.30. The van der Waals surface area contributed by atoms with Crippen molar-refractivity contribution in [3.63, 3.8) is 0 Å². The second-order valence-corrected chi connectivity index (χ2v) is 9.23. The van der Waals surface area contributed by atoms with Gasteiger partial charge in [0.15, 0.2) is 16.8 Å². The Morgan fingerprint density at radius 3 is 2.91 bits per heavy atom. The van der Waals surface area contributed by atoms with Gasteiger partial charge in [0.05, 0.1) is 38.6 Å². The van der Waals surface area contributed by atoms with E-state index in [-0.39, 0.29) is 32.7 Å². The average Bonchev–Trinajstić information content (AvgIpc) is 3.49. The van der Waals surface area contributed by atoms with Gasteiger partial charge in [0.25, 0.3) is 0 Å². The van der Waals surface area contributed by atoms with E-state index in [1.54, 1.807) is 34.6 Å². The summed E-state index contributed by atoms with van der Waals surface area (Å²) < 4.78 is 54.2. The van der Waals surface area contributed by atoms with Gasteiger partial charge in [0.2, 0.25) is 0 Å². The van der Waals surface area contributed by atoms with Crippen molar-refractivity contribution in [3.8, 4) is 6.07 Å². The zero-order valence-electron chi connectivity index (χ0n) is 17.5. The normalized spacial score (nSPS) is 23.1. The van der Waals surface area contributed by atoms with Crippen molar-refractivity contribution in [2.24, 2.45) is 0 Å². The Kier molecular flexibility index (Phi) is 7.43. The number of nitriles is 1. The number of rotatable bonds is 11. The molecule has 0 aliphatic carbocycles. The fourth-order valence-electron chi connectivity index (χ4n) is 3.44. The van der Waals surface area contributed by atoms with Gasteiger partial charge in [-0.2, -0.15) is 5.26 Å². The lowest BCUT2D eigenvalue weighted by molar-refractivity contribution is -0.0418. The number of phosphoric ester groups is 1. The molecule has 1 N–H and O–H groups in total. The van der Waals surface area contributed by atoms with Crippen LogP contribution in [0.15, 0.2) is 25.0 Å². The molecule has 14 nitrogen and oxygen atoms in total. The minimum atomic E-state index is -3.97. The quantitative estimate of drug-likeness (QED) is 0.302. The molecule has 176 valence electrons. The molecule has 2 unspecified atom stereocenters. The van der Waals surface area contributed by atoms with Crippen molar-refractivity contribution in [2.75, 3.05) is 19.8 Å². The summed E-state index contributed by atoms with van der Waals surface area (Å²) in [5.41, 5.74) is 1.69. The topological polar surface area (TPSA) is 172 Å². The molecule has 3 aromatic heterocycles. The number of fused-ring (bicyclic) bond motifs is 3. The van der Waals surface area contributed by atoms with Crippen molar-refractivity contribution < 1.29 is 36.9 Å². The first kappa shape index (κ1) is 23.8. The van der Waals surface area contributed by atoms with E-state index in [0.29, 0.717) is 16.8 Å². The SMILES string of the molecule is CCOP(=O)(OCCC#N)OC[C@H]1O[C@@H](n2cnc3c2ncn2ccnc32)C[C@@H]1O[P+](=O)O. The van der Waals surface area contributed by atoms with E-state index in [1.165, 1.54) is 6.33 Å². The number of phosphoric acid groups is 1. The molecule has 16 heteroatoms. The first-order valence-electron chi connectivity index (χ1n) is 9.97. The predicted molar refractivity (Wildman–Crippen MR) is 111 cm³/mol. The third-order valence-corrected chi connectivity index (χ3v) is 6.81. The summed E-state index contributed by atoms with van der Waals surface area (Å²) in [4.78, 5) is 22.3. The van der Waals surface area contributed by atoms with Crippen LogP contribution in [0.4, 0.5) is 0 Å². The molecular formula is C17H21N6O8P2+. The third-order valence-electron chi connectivity index (χ3n) is 4.82. The molecule has 0 aromatic carbocycles. The summed E-state index contributed by atoms with van der Waals surface area (Å²) in [5, 5.41) is 8.65. The van der Waals surface area contributed by atoms with Gasteiger partial charge in [-0.1, -0.05) is 0 Å². The van der Waals surface area contributed by atoms with Crippen LogP contribution >= 0.6 is 16.1 Å². The number of nitrogens with zero attached hydrogens (tertiary/aromatic N) is 6. The lowest BCUT2D eigenvalue weighted by atomic mass is 10.2. The molecule has 4 heterocycles. The molecule has 33 heavy (non-hydrogen) atoms. The van der Waals surface area contributed by atoms with E-state index in [2.05, 4.69) is 15.0 Å². The van der Waals surface area contributed by atoms with E-state index in [9.17, 15) is 14.0 Å². The summed E-state index contributed by atoms with van der Waals surface area (Å²) >= 11 is 0. The van der Waals surface area contributed by atoms with Crippen LogP contribution in [0.1, 0.15) is 26.0 Å². The summed E-state index contributed by atoms with van der Waals surface area (Å²) in [6.45, 7) is 1.22. The van der Waals surface area contributed by atoms with Crippen molar-refractivity contribution in [1.29, 1.82) is 5.26 Å². The van der Waals surface area contributed by atoms with Crippen LogP contribution in [0.2, 0.25) is 0 Å². The Hall–Kier alpha value is -2.33. The fraction of sp³-hybridized carbons (Fsp3) is 0.529. The number of aromatic nitrogens is 5. The highest BCUT2D eigenvalue weighted by Crippen LogP contribution is 2.50. The van der Waals surface area contributed by atoms with Crippen molar-refractivity contribution >= 4 is 32.9 Å². The van der Waals surface area contributed by atoms with Gasteiger partial charge >= 0.3 is 16.1 Å². The first-order chi connectivity index (χ1) is 15.9. The third kappa shape index (κ3) is 5.27. The Morgan fingerprint density at radius 2 is 2.15 bits per heavy atom. The van der Waals surface area contributed by atoms with Crippen LogP contribution in [-0.2, 0) is 32.0 Å². The van der Waals surface area contributed by atoms with Crippen molar-refractivity contribution in [2.45, 2.75) is 38.2 Å². The highest BCUT2D eigenvalue weighted by Gasteiger charge is 2.44. The largest absolute Gasteiger partial charge is 0.695 e. The predicted octanol–water partition coefficient (Wildman–Crippen LogP) is 2.49. The maximum atomic E-state index is 12.7. The Morgan fingerprint density at radius 1 is 1.30 bits per heavy atom. The molecule has 0 saturated carbocycles. The fourth-order valence-corrected chi connectivity index (χ4v) is 5.08. The van der Waals surface area contributed by atoms with Crippen LogP contribution in [-0.4, -0.2) is 60.8 Å². The van der Waals surface area contributed by atoms with E-state index in [1.807, 2.05) is 6.07 Å². The second-order valence-electron chi connectivity index (χ2n) is 6.88. The number of imidazole rings is 2. The minimum absolute atomic E-state index is 0.00362. The van der Waals surface area contributed by atoms with Crippen LogP contribution in [0.25, 0.3) is 16.8 Å². The van der Waals surface area contributed by atoms with Gasteiger partial charge in [0, 0.05) is 23.4 Å². The molecule has 5 atom stereocenters. The van der Waals surface area contributed by atoms with Gasteiger partial charge in [0.1, 0.15) is 24.8 Å². The standard InChI is InChI=1S/C17H20N6O8P2/c1-2-27-33(26,28-7-3-4-18)29-9-13-12(31-32(24)25)8-14(30-13)23-11-20-15-16-19-5-6-22(16)10-21-17(15)23/h5-6,10-14H,2-3,7-9H2,1H3/p+1/t12-,13+,14+,33?/m0/s1. The second kappa shape index (κ2) is 10.3. The molecule has 0 spiro atoms. The van der Waals surface area contributed by atoms with Gasteiger partial charge < -0.3 is 4.74 Å². The molecule has 3 aromatic rings. The molecule has 1 aliphatic rings. The first-order valence-corrected chi connectivity index (χ1v) is 12.6. The number of hydrogen-bond donors (Lipinski definition) is 1. The van der Waals surface area contributed by atoms with Crippen molar-refractivity contribution in [3.05, 3.63) is 25.0 Å². The van der Waals surface area contributed by atoms with Crippen LogP contribution in [0.5, 0.6) is 0 Å². The van der Waals surface area contributed by atoms with Gasteiger partial charge in [-0.3, -0.25) is 22.5 Å². The lowest BCUT2D eigenvalue weighted by Crippen LogP contribution is -2.27. The van der Waals surface area contributed by atoms with Gasteiger partial charge in [-0.15, -0.1) is 9.42 Å². The summed E-state index contributed by atoms with van der Waals surface area (Å²) in [5.74, 6) is 0. The Balaban J connectivity index is 1.52. The average molecular weight is 499 g/mol. The van der Waals surface area contributed by atoms with Crippen LogP contribution in [0, 0.1) is 11.3 Å². The zero-order chi connectivity index (χ0) is 23.4. The van der Waals surface area contributed by atoms with E-state index >= 15 is 0 Å². The van der Waals surface area contributed by atoms with Crippen LogP contribution in [0.3, 0.4) is 0 Å². The maximum absolute atomic E-state index is 12.7. The molecule has 0 amide bonds. The molecule has 1 fully saturated rings. The Labute approximate surface area is 188 Å². The monoisotopic (exact) mass is 499 g/mol. The smallest absolute Gasteiger partial charge is 0.349 e. The molecule has 1 aliphatic heterocycles. The highest BCUT2D eigenvalue weighted by atomic mass is 31.2. The summed E-state index contributed by atoms with van der Waals surface area (Å²) in [6, 6.07) is 1.87. The minimum Gasteiger partial charge on any atom is -0.349 e. The zero-order valence-corrected chi connectivity index (χ0v) is 19.2.